The Morgan fingerprint density at radius 3 is 1.67 bits per heavy atom. The summed E-state index contributed by atoms with van der Waals surface area (Å²) in [6.45, 7) is 0. The predicted molar refractivity (Wildman–Crippen MR) is 140 cm³/mol. The number of rotatable bonds is 6. The third-order valence-corrected chi connectivity index (χ3v) is 15.5. The summed E-state index contributed by atoms with van der Waals surface area (Å²) >= 11 is 4.41. The number of nitrogens with zero attached hydrogens (tertiary/aromatic N) is 1. The molecule has 0 aliphatic heterocycles. The van der Waals surface area contributed by atoms with Crippen molar-refractivity contribution in [1.29, 1.82) is 5.26 Å². The van der Waals surface area contributed by atoms with Crippen LogP contribution in [0.1, 0.15) is 21.5 Å². The Kier molecular flexibility index (Phi) is 6.47. The van der Waals surface area contributed by atoms with Gasteiger partial charge in [-0.1, -0.05) is 0 Å². The van der Waals surface area contributed by atoms with Gasteiger partial charge >= 0.3 is 203 Å². The number of carbonyl (C=O) groups is 1. The summed E-state index contributed by atoms with van der Waals surface area (Å²) < 4.78 is 5.09. The molecule has 0 aromatic heterocycles. The van der Waals surface area contributed by atoms with Crippen LogP contribution in [0.5, 0.6) is 0 Å². The zero-order valence-electron chi connectivity index (χ0n) is 18.2. The molecule has 0 amide bonds. The first-order valence-electron chi connectivity index (χ1n) is 10.5. The molecule has 4 aromatic carbocycles. The maximum atomic E-state index is 12.8. The van der Waals surface area contributed by atoms with Crippen LogP contribution in [0.3, 0.4) is 0 Å². The molecule has 0 aliphatic carbocycles. The summed E-state index contributed by atoms with van der Waals surface area (Å²) in [5.74, 6) is -0.450. The van der Waals surface area contributed by atoms with Gasteiger partial charge in [-0.3, -0.25) is 0 Å². The number of hydrogen-bond donors (Lipinski definition) is 0. The average Bonchev–Trinajstić information content (AvgIpc) is 2.90. The van der Waals surface area contributed by atoms with E-state index in [9.17, 15) is 10.1 Å². The van der Waals surface area contributed by atoms with Crippen molar-refractivity contribution >= 4 is 42.7 Å². The molecule has 4 rings (SSSR count). The SMILES string of the molecule is COC(=O)c1cc(C#N)ccc1CP(Br)(c1ccccc1)(c1ccccc1)c1ccccc1. The molecule has 164 valence electrons. The summed E-state index contributed by atoms with van der Waals surface area (Å²) in [5.41, 5.74) is 1.66. The third-order valence-electron chi connectivity index (χ3n) is 6.00. The number of nitriles is 1. The Hall–Kier alpha value is -3.25. The van der Waals surface area contributed by atoms with Crippen molar-refractivity contribution in [2.45, 2.75) is 6.16 Å². The Bertz CT molecular complexity index is 1220. The van der Waals surface area contributed by atoms with Crippen LogP contribution in [-0.2, 0) is 10.9 Å². The van der Waals surface area contributed by atoms with Crippen molar-refractivity contribution in [3.63, 3.8) is 0 Å². The second kappa shape index (κ2) is 9.32. The standard InChI is InChI=1S/C28H23BrNO2P/c1-32-28(31)27-19-22(20-30)17-18-23(27)21-33(29,24-11-5-2-6-12-24,25-13-7-3-8-14-25)26-15-9-4-10-16-26/h2-19H,21H2,1H3. The van der Waals surface area contributed by atoms with E-state index in [0.29, 0.717) is 17.3 Å². The minimum absolute atomic E-state index is 0.410. The Morgan fingerprint density at radius 1 is 0.818 bits per heavy atom. The van der Waals surface area contributed by atoms with E-state index in [-0.39, 0.29) is 0 Å². The Labute approximate surface area is 202 Å². The number of hydrogen-bond acceptors (Lipinski definition) is 3. The summed E-state index contributed by atoms with van der Waals surface area (Å²) in [6.07, 6.45) is 0.541. The molecule has 0 bridgehead atoms. The van der Waals surface area contributed by atoms with Crippen LogP contribution in [0, 0.1) is 11.3 Å². The number of ether oxygens (including phenoxy) is 1. The van der Waals surface area contributed by atoms with Crippen LogP contribution in [0.2, 0.25) is 0 Å². The average molecular weight is 516 g/mol. The van der Waals surface area contributed by atoms with Gasteiger partial charge in [0.05, 0.1) is 0 Å². The summed E-state index contributed by atoms with van der Waals surface area (Å²) in [6, 6.07) is 38.6. The van der Waals surface area contributed by atoms with Crippen LogP contribution >= 0.6 is 20.8 Å². The molecule has 4 aromatic rings. The molecular formula is C28H23BrNO2P. The fourth-order valence-electron chi connectivity index (χ4n) is 4.34. The number of carbonyl (C=O) groups excluding carboxylic acids is 1. The van der Waals surface area contributed by atoms with Gasteiger partial charge in [-0.15, -0.1) is 0 Å². The van der Waals surface area contributed by atoms with E-state index in [2.05, 4.69) is 58.0 Å². The van der Waals surface area contributed by atoms with Crippen molar-refractivity contribution in [3.05, 3.63) is 126 Å². The first kappa shape index (κ1) is 22.9. The van der Waals surface area contributed by atoms with Crippen molar-refractivity contribution in [2.75, 3.05) is 7.11 Å². The molecule has 5 heteroatoms. The molecule has 33 heavy (non-hydrogen) atoms. The number of halogens is 1. The molecule has 0 atom stereocenters. The molecule has 0 radical (unpaired) electrons. The van der Waals surface area contributed by atoms with Gasteiger partial charge in [0.2, 0.25) is 0 Å². The predicted octanol–water partition coefficient (Wildman–Crippen LogP) is 5.68. The van der Waals surface area contributed by atoms with Crippen LogP contribution < -0.4 is 15.9 Å². The third kappa shape index (κ3) is 4.00. The van der Waals surface area contributed by atoms with Crippen LogP contribution in [0.4, 0.5) is 0 Å². The van der Waals surface area contributed by atoms with Crippen molar-refractivity contribution in [3.8, 4) is 6.07 Å². The molecule has 3 nitrogen and oxygen atoms in total. The van der Waals surface area contributed by atoms with Crippen LogP contribution in [0.15, 0.2) is 109 Å². The minimum atomic E-state index is -3.28. The van der Waals surface area contributed by atoms with Crippen LogP contribution in [0.25, 0.3) is 0 Å². The fourth-order valence-corrected chi connectivity index (χ4v) is 12.0. The monoisotopic (exact) mass is 515 g/mol. The Balaban J connectivity index is 2.10. The molecule has 0 saturated heterocycles. The van der Waals surface area contributed by atoms with Gasteiger partial charge in [0.25, 0.3) is 0 Å². The second-order valence-electron chi connectivity index (χ2n) is 7.82. The van der Waals surface area contributed by atoms with Gasteiger partial charge in [-0.05, 0) is 0 Å². The molecule has 0 fully saturated rings. The van der Waals surface area contributed by atoms with E-state index in [1.807, 2.05) is 60.7 Å². The zero-order valence-corrected chi connectivity index (χ0v) is 20.7. The van der Waals surface area contributed by atoms with E-state index in [1.54, 1.807) is 12.1 Å². The summed E-state index contributed by atoms with van der Waals surface area (Å²) in [5, 5.41) is 9.60. The van der Waals surface area contributed by atoms with Gasteiger partial charge < -0.3 is 0 Å². The van der Waals surface area contributed by atoms with Gasteiger partial charge in [0.15, 0.2) is 0 Å². The molecule has 0 spiro atoms. The molecule has 0 aliphatic rings. The summed E-state index contributed by atoms with van der Waals surface area (Å²) in [7, 11) is 1.37. The van der Waals surface area contributed by atoms with Crippen molar-refractivity contribution in [1.82, 2.24) is 0 Å². The van der Waals surface area contributed by atoms with E-state index in [0.717, 1.165) is 21.5 Å². The van der Waals surface area contributed by atoms with E-state index in [1.165, 1.54) is 7.11 Å². The van der Waals surface area contributed by atoms with Crippen LogP contribution in [-0.4, -0.2) is 13.1 Å². The molecule has 0 N–H and O–H groups in total. The number of benzene rings is 4. The maximum absolute atomic E-state index is 12.8. The first-order valence-corrected chi connectivity index (χ1v) is 15.0. The second-order valence-corrected chi connectivity index (χ2v) is 16.8. The molecule has 0 heterocycles. The summed E-state index contributed by atoms with van der Waals surface area (Å²) in [4.78, 5) is 12.8. The van der Waals surface area contributed by atoms with Crippen molar-refractivity contribution < 1.29 is 9.53 Å². The topological polar surface area (TPSA) is 50.1 Å². The van der Waals surface area contributed by atoms with Gasteiger partial charge in [0.1, 0.15) is 0 Å². The number of esters is 1. The normalized spacial score (nSPS) is 12.2. The van der Waals surface area contributed by atoms with E-state index < -0.39 is 11.3 Å². The number of methoxy groups -OCH3 is 1. The van der Waals surface area contributed by atoms with Gasteiger partial charge in [-0.2, -0.15) is 0 Å². The van der Waals surface area contributed by atoms with Gasteiger partial charge in [0, 0.05) is 0 Å². The molecular weight excluding hydrogens is 493 g/mol. The fraction of sp³-hybridized carbons (Fsp3) is 0.0714. The van der Waals surface area contributed by atoms with E-state index in [4.69, 9.17) is 4.74 Å². The quantitative estimate of drug-likeness (QED) is 0.245. The van der Waals surface area contributed by atoms with Crippen molar-refractivity contribution in [2.24, 2.45) is 0 Å². The first-order chi connectivity index (χ1) is 16.0. The Morgan fingerprint density at radius 2 is 1.27 bits per heavy atom. The van der Waals surface area contributed by atoms with Gasteiger partial charge in [-0.25, -0.2) is 0 Å². The van der Waals surface area contributed by atoms with E-state index >= 15 is 0 Å². The molecule has 0 unspecified atom stereocenters. The zero-order chi connectivity index (χ0) is 23.3. The molecule has 0 saturated carbocycles.